The molecule has 0 amide bonds. The van der Waals surface area contributed by atoms with Gasteiger partial charge in [0.2, 0.25) is 10.0 Å². The van der Waals surface area contributed by atoms with Crippen molar-refractivity contribution in [2.75, 3.05) is 37.4 Å². The van der Waals surface area contributed by atoms with Gasteiger partial charge >= 0.3 is 0 Å². The second-order valence-electron chi connectivity index (χ2n) is 5.79. The zero-order valence-electron chi connectivity index (χ0n) is 12.7. The second-order valence-corrected chi connectivity index (χ2v) is 9.63. The highest BCUT2D eigenvalue weighted by atomic mass is 32.2. The van der Waals surface area contributed by atoms with E-state index in [9.17, 15) is 8.42 Å². The highest BCUT2D eigenvalue weighted by Crippen LogP contribution is 2.38. The normalized spacial score (nSPS) is 22.7. The SMILES string of the molecule is CN(C)S(=O)(=O)c1ccc(N)c(NCC2(C)CCCS2)c1. The van der Waals surface area contributed by atoms with Crippen molar-refractivity contribution in [2.45, 2.75) is 29.4 Å². The smallest absolute Gasteiger partial charge is 0.242 e. The van der Waals surface area contributed by atoms with E-state index in [1.165, 1.54) is 37.0 Å². The van der Waals surface area contributed by atoms with Crippen LogP contribution in [-0.4, -0.2) is 43.9 Å². The van der Waals surface area contributed by atoms with Gasteiger partial charge in [0.15, 0.2) is 0 Å². The van der Waals surface area contributed by atoms with Crippen molar-refractivity contribution < 1.29 is 8.42 Å². The number of sulfonamides is 1. The zero-order chi connectivity index (χ0) is 15.7. The van der Waals surface area contributed by atoms with Gasteiger partial charge in [-0.25, -0.2) is 12.7 Å². The molecule has 1 aromatic carbocycles. The molecule has 1 heterocycles. The van der Waals surface area contributed by atoms with Crippen molar-refractivity contribution in [3.63, 3.8) is 0 Å². The lowest BCUT2D eigenvalue weighted by Crippen LogP contribution is -2.27. The van der Waals surface area contributed by atoms with Crippen molar-refractivity contribution in [1.29, 1.82) is 0 Å². The lowest BCUT2D eigenvalue weighted by Gasteiger charge is -2.24. The Labute approximate surface area is 131 Å². The Balaban J connectivity index is 2.20. The Kier molecular flexibility index (Phi) is 4.75. The third kappa shape index (κ3) is 3.64. The van der Waals surface area contributed by atoms with Crippen molar-refractivity contribution in [2.24, 2.45) is 0 Å². The first-order chi connectivity index (χ1) is 9.74. The summed E-state index contributed by atoms with van der Waals surface area (Å²) in [5.41, 5.74) is 7.21. The van der Waals surface area contributed by atoms with E-state index in [4.69, 9.17) is 5.73 Å². The number of nitrogens with zero attached hydrogens (tertiary/aromatic N) is 1. The Morgan fingerprint density at radius 1 is 1.43 bits per heavy atom. The maximum absolute atomic E-state index is 12.2. The molecular formula is C14H23N3O2S2. The molecule has 0 aromatic heterocycles. The summed E-state index contributed by atoms with van der Waals surface area (Å²) in [7, 11) is -0.391. The second kappa shape index (κ2) is 6.06. The van der Waals surface area contributed by atoms with Crippen LogP contribution < -0.4 is 11.1 Å². The van der Waals surface area contributed by atoms with Gasteiger partial charge < -0.3 is 11.1 Å². The molecule has 1 aliphatic heterocycles. The molecule has 7 heteroatoms. The fraction of sp³-hybridized carbons (Fsp3) is 0.571. The molecule has 1 unspecified atom stereocenters. The first-order valence-electron chi connectivity index (χ1n) is 6.94. The highest BCUT2D eigenvalue weighted by molar-refractivity contribution is 8.00. The van der Waals surface area contributed by atoms with Crippen LogP contribution in [0.1, 0.15) is 19.8 Å². The number of anilines is 2. The van der Waals surface area contributed by atoms with Crippen LogP contribution in [0, 0.1) is 0 Å². The van der Waals surface area contributed by atoms with E-state index in [1.807, 2.05) is 11.8 Å². The van der Waals surface area contributed by atoms with E-state index in [1.54, 1.807) is 18.2 Å². The van der Waals surface area contributed by atoms with Gasteiger partial charge in [-0.1, -0.05) is 0 Å². The maximum atomic E-state index is 12.2. The highest BCUT2D eigenvalue weighted by Gasteiger charge is 2.29. The van der Waals surface area contributed by atoms with Crippen LogP contribution >= 0.6 is 11.8 Å². The first kappa shape index (κ1) is 16.5. The van der Waals surface area contributed by atoms with Crippen LogP contribution in [0.3, 0.4) is 0 Å². The number of hydrogen-bond donors (Lipinski definition) is 2. The minimum atomic E-state index is -3.44. The van der Waals surface area contributed by atoms with E-state index in [2.05, 4.69) is 12.2 Å². The lowest BCUT2D eigenvalue weighted by atomic mass is 10.1. The van der Waals surface area contributed by atoms with E-state index in [0.717, 1.165) is 6.54 Å². The molecule has 118 valence electrons. The fourth-order valence-corrected chi connectivity index (χ4v) is 4.49. The molecular weight excluding hydrogens is 306 g/mol. The molecule has 5 nitrogen and oxygen atoms in total. The number of nitrogens with two attached hydrogens (primary N) is 1. The standard InChI is InChI=1S/C14H23N3O2S2/c1-14(7-4-8-20-14)10-16-13-9-11(5-6-12(13)15)21(18,19)17(2)3/h5-6,9,16H,4,7-8,10,15H2,1-3H3. The van der Waals surface area contributed by atoms with E-state index < -0.39 is 10.0 Å². The van der Waals surface area contributed by atoms with Crippen LogP contribution in [0.5, 0.6) is 0 Å². The number of hydrogen-bond acceptors (Lipinski definition) is 5. The molecule has 2 rings (SSSR count). The van der Waals surface area contributed by atoms with Crippen LogP contribution in [0.15, 0.2) is 23.1 Å². The van der Waals surface area contributed by atoms with Crippen LogP contribution in [0.25, 0.3) is 0 Å². The molecule has 0 spiro atoms. The number of nitrogen functional groups attached to an aromatic ring is 1. The van der Waals surface area contributed by atoms with Crippen molar-refractivity contribution in [3.05, 3.63) is 18.2 Å². The van der Waals surface area contributed by atoms with Gasteiger partial charge in [-0.3, -0.25) is 0 Å². The van der Waals surface area contributed by atoms with E-state index in [0.29, 0.717) is 11.4 Å². The van der Waals surface area contributed by atoms with E-state index in [-0.39, 0.29) is 9.64 Å². The van der Waals surface area contributed by atoms with Gasteiger partial charge in [0.1, 0.15) is 0 Å². The van der Waals surface area contributed by atoms with Gasteiger partial charge in [0.05, 0.1) is 16.3 Å². The molecule has 1 aromatic rings. The maximum Gasteiger partial charge on any atom is 0.242 e. The molecule has 21 heavy (non-hydrogen) atoms. The third-order valence-corrected chi connectivity index (χ3v) is 7.11. The van der Waals surface area contributed by atoms with E-state index >= 15 is 0 Å². The fourth-order valence-electron chi connectivity index (χ4n) is 2.32. The Morgan fingerprint density at radius 3 is 2.71 bits per heavy atom. The Hall–Kier alpha value is -0.920. The minimum Gasteiger partial charge on any atom is -0.397 e. The number of nitrogens with one attached hydrogen (secondary N) is 1. The number of rotatable bonds is 5. The molecule has 0 radical (unpaired) electrons. The average molecular weight is 329 g/mol. The summed E-state index contributed by atoms with van der Waals surface area (Å²) < 4.78 is 25.7. The van der Waals surface area contributed by atoms with Gasteiger partial charge in [-0.15, -0.1) is 0 Å². The molecule has 1 saturated heterocycles. The van der Waals surface area contributed by atoms with Gasteiger partial charge in [-0.05, 0) is 43.7 Å². The average Bonchev–Trinajstić information content (AvgIpc) is 2.85. The largest absolute Gasteiger partial charge is 0.397 e. The summed E-state index contributed by atoms with van der Waals surface area (Å²) in [5.74, 6) is 1.18. The first-order valence-corrected chi connectivity index (χ1v) is 9.37. The molecule has 0 aliphatic carbocycles. The monoisotopic (exact) mass is 329 g/mol. The van der Waals surface area contributed by atoms with Gasteiger partial charge in [-0.2, -0.15) is 11.8 Å². The lowest BCUT2D eigenvalue weighted by molar-refractivity contribution is 0.521. The third-order valence-electron chi connectivity index (χ3n) is 3.76. The summed E-state index contributed by atoms with van der Waals surface area (Å²) in [6, 6.07) is 4.80. The summed E-state index contributed by atoms with van der Waals surface area (Å²) >= 11 is 1.95. The minimum absolute atomic E-state index is 0.197. The van der Waals surface area contributed by atoms with Crippen LogP contribution in [0.4, 0.5) is 11.4 Å². The summed E-state index contributed by atoms with van der Waals surface area (Å²) in [6.45, 7) is 3.02. The Morgan fingerprint density at radius 2 is 2.14 bits per heavy atom. The quantitative estimate of drug-likeness (QED) is 0.810. The summed E-state index contributed by atoms with van der Waals surface area (Å²) in [4.78, 5) is 0.258. The van der Waals surface area contributed by atoms with Crippen molar-refractivity contribution >= 4 is 33.2 Å². The molecule has 3 N–H and O–H groups in total. The predicted octanol–water partition coefficient (Wildman–Crippen LogP) is 2.22. The van der Waals surface area contributed by atoms with Crippen molar-refractivity contribution in [1.82, 2.24) is 4.31 Å². The van der Waals surface area contributed by atoms with Crippen LogP contribution in [0.2, 0.25) is 0 Å². The molecule has 1 atom stereocenters. The van der Waals surface area contributed by atoms with Crippen LogP contribution in [-0.2, 0) is 10.0 Å². The zero-order valence-corrected chi connectivity index (χ0v) is 14.4. The molecule has 1 aliphatic rings. The number of thioether (sulfide) groups is 1. The topological polar surface area (TPSA) is 75.4 Å². The predicted molar refractivity (Wildman–Crippen MR) is 90.3 cm³/mol. The number of benzene rings is 1. The van der Waals surface area contributed by atoms with Gasteiger partial charge in [0, 0.05) is 25.4 Å². The summed E-state index contributed by atoms with van der Waals surface area (Å²) in [6.07, 6.45) is 2.40. The van der Waals surface area contributed by atoms with Crippen molar-refractivity contribution in [3.8, 4) is 0 Å². The Bertz CT molecular complexity index is 609. The molecule has 0 bridgehead atoms. The van der Waals surface area contributed by atoms with Gasteiger partial charge in [0.25, 0.3) is 0 Å². The summed E-state index contributed by atoms with van der Waals surface area (Å²) in [5, 5.41) is 3.32. The molecule has 0 saturated carbocycles. The molecule has 1 fully saturated rings.